The van der Waals surface area contributed by atoms with Gasteiger partial charge in [-0.2, -0.15) is 0 Å². The van der Waals surface area contributed by atoms with Gasteiger partial charge in [-0.15, -0.1) is 0 Å². The van der Waals surface area contributed by atoms with Crippen molar-refractivity contribution in [1.29, 1.82) is 0 Å². The van der Waals surface area contributed by atoms with E-state index < -0.39 is 0 Å². The molecule has 0 radical (unpaired) electrons. The minimum atomic E-state index is -0.246. The Balaban J connectivity index is 1.63. The summed E-state index contributed by atoms with van der Waals surface area (Å²) in [6.07, 6.45) is 0. The molecule has 4 aromatic rings. The van der Waals surface area contributed by atoms with Crippen LogP contribution in [0.5, 0.6) is 0 Å². The summed E-state index contributed by atoms with van der Waals surface area (Å²) in [4.78, 5) is 29.8. The average molecular weight is 414 g/mol. The van der Waals surface area contributed by atoms with Gasteiger partial charge >= 0.3 is 0 Å². The fourth-order valence-electron chi connectivity index (χ4n) is 2.89. The first kappa shape index (κ1) is 19.5. The predicted octanol–water partition coefficient (Wildman–Crippen LogP) is 5.62. The minimum absolute atomic E-state index is 0.229. The Morgan fingerprint density at radius 3 is 1.97 bits per heavy atom. The summed E-state index contributed by atoms with van der Waals surface area (Å²) in [6, 6.07) is 25.9. The number of nitrogens with zero attached hydrogens (tertiary/aromatic N) is 1. The topological polar surface area (TPSA) is 71.1 Å². The molecule has 0 aliphatic carbocycles. The van der Waals surface area contributed by atoms with Crippen LogP contribution in [0.3, 0.4) is 0 Å². The molecule has 1 heterocycles. The lowest BCUT2D eigenvalue weighted by molar-refractivity contribution is 0.101. The van der Waals surface area contributed by atoms with Crippen LogP contribution in [0, 0.1) is 6.92 Å². The molecule has 30 heavy (non-hydrogen) atoms. The third-order valence-corrected chi connectivity index (χ3v) is 5.36. The summed E-state index contributed by atoms with van der Waals surface area (Å²) in [5.74, 6) is -0.475. The summed E-state index contributed by atoms with van der Waals surface area (Å²) in [7, 11) is 0. The molecule has 0 bridgehead atoms. The maximum atomic E-state index is 12.7. The number of aryl methyl sites for hydroxylation is 1. The van der Waals surface area contributed by atoms with Crippen LogP contribution in [0.2, 0.25) is 0 Å². The number of hydrogen-bond acceptors (Lipinski definition) is 4. The highest BCUT2D eigenvalue weighted by molar-refractivity contribution is 7.20. The van der Waals surface area contributed by atoms with Crippen LogP contribution in [-0.4, -0.2) is 16.8 Å². The number of aromatic nitrogens is 1. The molecule has 0 spiro atoms. The Bertz CT molecular complexity index is 1170. The maximum absolute atomic E-state index is 12.7. The summed E-state index contributed by atoms with van der Waals surface area (Å²) in [5.41, 5.74) is 3.65. The molecule has 1 aromatic heterocycles. The van der Waals surface area contributed by atoms with Crippen molar-refractivity contribution in [3.63, 3.8) is 0 Å². The molecule has 148 valence electrons. The van der Waals surface area contributed by atoms with Gasteiger partial charge in [0.1, 0.15) is 10.7 Å². The SMILES string of the molecule is Cc1ccc(C(=O)Nc2nc(-c3ccccc3)c(NC(=O)c3ccccc3)s2)cc1. The van der Waals surface area contributed by atoms with E-state index in [-0.39, 0.29) is 11.8 Å². The average Bonchev–Trinajstić information content (AvgIpc) is 3.17. The van der Waals surface area contributed by atoms with Gasteiger partial charge < -0.3 is 5.32 Å². The maximum Gasteiger partial charge on any atom is 0.257 e. The van der Waals surface area contributed by atoms with E-state index in [0.717, 1.165) is 11.1 Å². The van der Waals surface area contributed by atoms with Crippen molar-refractivity contribution < 1.29 is 9.59 Å². The highest BCUT2D eigenvalue weighted by Gasteiger charge is 2.18. The molecule has 0 aliphatic rings. The first-order valence-corrected chi connectivity index (χ1v) is 10.2. The van der Waals surface area contributed by atoms with Crippen LogP contribution in [0.15, 0.2) is 84.9 Å². The van der Waals surface area contributed by atoms with Crippen molar-refractivity contribution in [2.75, 3.05) is 10.6 Å². The van der Waals surface area contributed by atoms with E-state index in [2.05, 4.69) is 15.6 Å². The minimum Gasteiger partial charge on any atom is -0.312 e. The van der Waals surface area contributed by atoms with E-state index in [1.54, 1.807) is 24.3 Å². The molecular formula is C24H19N3O2S. The molecule has 0 fully saturated rings. The molecule has 4 rings (SSSR count). The monoisotopic (exact) mass is 413 g/mol. The quantitative estimate of drug-likeness (QED) is 0.446. The summed E-state index contributed by atoms with van der Waals surface area (Å²) in [5, 5.41) is 6.77. The number of thiazole rings is 1. The van der Waals surface area contributed by atoms with Crippen LogP contribution in [0.4, 0.5) is 10.1 Å². The Labute approximate surface area is 178 Å². The van der Waals surface area contributed by atoms with Gasteiger partial charge in [0.15, 0.2) is 5.13 Å². The Hall–Kier alpha value is -3.77. The number of benzene rings is 3. The molecule has 2 N–H and O–H groups in total. The van der Waals surface area contributed by atoms with Crippen molar-refractivity contribution in [1.82, 2.24) is 4.98 Å². The third kappa shape index (κ3) is 4.45. The lowest BCUT2D eigenvalue weighted by atomic mass is 10.1. The van der Waals surface area contributed by atoms with E-state index in [1.165, 1.54) is 11.3 Å². The van der Waals surface area contributed by atoms with Crippen LogP contribution >= 0.6 is 11.3 Å². The number of carbonyl (C=O) groups is 2. The summed E-state index contributed by atoms with van der Waals surface area (Å²) in [6.45, 7) is 1.97. The van der Waals surface area contributed by atoms with Crippen molar-refractivity contribution in [2.45, 2.75) is 6.92 Å². The van der Waals surface area contributed by atoms with E-state index in [4.69, 9.17) is 0 Å². The van der Waals surface area contributed by atoms with E-state index in [0.29, 0.717) is 27.0 Å². The molecule has 0 saturated carbocycles. The zero-order chi connectivity index (χ0) is 20.9. The Morgan fingerprint density at radius 2 is 1.30 bits per heavy atom. The Morgan fingerprint density at radius 1 is 0.733 bits per heavy atom. The molecule has 5 nitrogen and oxygen atoms in total. The second-order valence-corrected chi connectivity index (χ2v) is 7.70. The molecule has 6 heteroatoms. The lowest BCUT2D eigenvalue weighted by Crippen LogP contribution is -2.11. The fourth-order valence-corrected chi connectivity index (χ4v) is 3.77. The van der Waals surface area contributed by atoms with Gasteiger partial charge in [0.05, 0.1) is 0 Å². The smallest absolute Gasteiger partial charge is 0.257 e. The highest BCUT2D eigenvalue weighted by Crippen LogP contribution is 2.36. The van der Waals surface area contributed by atoms with E-state index in [9.17, 15) is 9.59 Å². The standard InChI is InChI=1S/C24H19N3O2S/c1-16-12-14-19(15-13-16)22(29)27-24-25-20(17-8-4-2-5-9-17)23(30-24)26-21(28)18-10-6-3-7-11-18/h2-15H,1H3,(H,26,28)(H,25,27,29). The number of nitrogens with one attached hydrogen (secondary N) is 2. The molecule has 0 aliphatic heterocycles. The van der Waals surface area contributed by atoms with Crippen molar-refractivity contribution in [3.05, 3.63) is 102 Å². The molecule has 0 atom stereocenters. The zero-order valence-corrected chi connectivity index (χ0v) is 17.1. The largest absolute Gasteiger partial charge is 0.312 e. The van der Waals surface area contributed by atoms with Gasteiger partial charge in [-0.1, -0.05) is 77.6 Å². The van der Waals surface area contributed by atoms with E-state index >= 15 is 0 Å². The predicted molar refractivity (Wildman–Crippen MR) is 121 cm³/mol. The zero-order valence-electron chi connectivity index (χ0n) is 16.3. The second-order valence-electron chi connectivity index (χ2n) is 6.70. The third-order valence-electron chi connectivity index (χ3n) is 4.47. The normalized spacial score (nSPS) is 10.4. The fraction of sp³-hybridized carbons (Fsp3) is 0.0417. The highest BCUT2D eigenvalue weighted by atomic mass is 32.1. The van der Waals surface area contributed by atoms with Gasteiger partial charge in [0.25, 0.3) is 11.8 Å². The number of carbonyl (C=O) groups excluding carboxylic acids is 2. The van der Waals surface area contributed by atoms with Crippen molar-refractivity contribution >= 4 is 33.3 Å². The summed E-state index contributed by atoms with van der Waals surface area (Å²) < 4.78 is 0. The molecular weight excluding hydrogens is 394 g/mol. The van der Waals surface area contributed by atoms with Crippen molar-refractivity contribution in [3.8, 4) is 11.3 Å². The number of amides is 2. The number of hydrogen-bond donors (Lipinski definition) is 2. The van der Waals surface area contributed by atoms with Gasteiger partial charge in [0.2, 0.25) is 0 Å². The second kappa shape index (κ2) is 8.71. The Kier molecular flexibility index (Phi) is 5.68. The molecule has 0 saturated heterocycles. The van der Waals surface area contributed by atoms with Gasteiger partial charge in [0, 0.05) is 16.7 Å². The first-order valence-electron chi connectivity index (χ1n) is 9.41. The number of rotatable bonds is 5. The van der Waals surface area contributed by atoms with Gasteiger partial charge in [-0.3, -0.25) is 14.9 Å². The first-order chi connectivity index (χ1) is 14.6. The molecule has 2 amide bonds. The molecule has 0 unspecified atom stereocenters. The van der Waals surface area contributed by atoms with Crippen LogP contribution in [0.1, 0.15) is 26.3 Å². The number of anilines is 2. The summed E-state index contributed by atoms with van der Waals surface area (Å²) >= 11 is 1.23. The van der Waals surface area contributed by atoms with Crippen LogP contribution < -0.4 is 10.6 Å². The molecule has 3 aromatic carbocycles. The van der Waals surface area contributed by atoms with Gasteiger partial charge in [-0.05, 0) is 31.2 Å². The lowest BCUT2D eigenvalue weighted by Gasteiger charge is -2.05. The van der Waals surface area contributed by atoms with Crippen molar-refractivity contribution in [2.24, 2.45) is 0 Å². The van der Waals surface area contributed by atoms with Crippen LogP contribution in [0.25, 0.3) is 11.3 Å². The van der Waals surface area contributed by atoms with Crippen LogP contribution in [-0.2, 0) is 0 Å². The van der Waals surface area contributed by atoms with Gasteiger partial charge in [-0.25, -0.2) is 4.98 Å². The van der Waals surface area contributed by atoms with E-state index in [1.807, 2.05) is 67.6 Å².